The fourth-order valence-corrected chi connectivity index (χ4v) is 6.32. The van der Waals surface area contributed by atoms with Crippen LogP contribution in [0.15, 0.2) is 0 Å². The maximum atomic E-state index is 6.59. The molecule has 3 heteroatoms. The van der Waals surface area contributed by atoms with Crippen molar-refractivity contribution in [2.45, 2.75) is 108 Å². The molecule has 22 heavy (non-hydrogen) atoms. The van der Waals surface area contributed by atoms with E-state index in [0.717, 1.165) is 18.8 Å². The highest BCUT2D eigenvalue weighted by Crippen LogP contribution is 2.60. The predicted molar refractivity (Wildman–Crippen MR) is 83.5 cm³/mol. The van der Waals surface area contributed by atoms with Crippen molar-refractivity contribution in [2.75, 3.05) is 0 Å². The summed E-state index contributed by atoms with van der Waals surface area (Å²) >= 11 is 0. The summed E-state index contributed by atoms with van der Waals surface area (Å²) in [5, 5.41) is 0. The Balaban J connectivity index is 1.39. The molecule has 2 spiro atoms. The molecule has 3 saturated carbocycles. The molecule has 0 aromatic carbocycles. The smallest absolute Gasteiger partial charge is 0.169 e. The van der Waals surface area contributed by atoms with Gasteiger partial charge in [-0.1, -0.05) is 19.8 Å². The van der Waals surface area contributed by atoms with E-state index in [1.165, 1.54) is 57.8 Å². The van der Waals surface area contributed by atoms with Crippen molar-refractivity contribution in [3.63, 3.8) is 0 Å². The van der Waals surface area contributed by atoms with Gasteiger partial charge in [-0.25, -0.2) is 0 Å². The van der Waals surface area contributed by atoms with Crippen LogP contribution in [-0.2, 0) is 14.2 Å². The van der Waals surface area contributed by atoms with Crippen molar-refractivity contribution in [3.05, 3.63) is 0 Å². The van der Waals surface area contributed by atoms with E-state index >= 15 is 0 Å². The standard InChI is InChI=1S/C19H30O3/c1-2-13-6-7-16-18(10-13)11-14(20-16)17-15(12-18)21-19(22-17)8-4-3-5-9-19/h13-17H,2-12H2,1H3/t13-,14+,15+,16-,17?,18-/m0/s1. The molecule has 2 heterocycles. The zero-order chi connectivity index (χ0) is 14.8. The van der Waals surface area contributed by atoms with Gasteiger partial charge in [-0.3, -0.25) is 0 Å². The number of ether oxygens (including phenoxy) is 3. The number of hydrogen-bond donors (Lipinski definition) is 0. The molecule has 0 radical (unpaired) electrons. The molecule has 0 N–H and O–H groups in total. The molecule has 3 aliphatic carbocycles. The number of rotatable bonds is 1. The third-order valence-electron chi connectivity index (χ3n) is 7.41. The van der Waals surface area contributed by atoms with Gasteiger partial charge in [0.2, 0.25) is 0 Å². The van der Waals surface area contributed by atoms with Gasteiger partial charge in [0.25, 0.3) is 0 Å². The van der Waals surface area contributed by atoms with Gasteiger partial charge in [0.15, 0.2) is 5.79 Å². The molecule has 124 valence electrons. The maximum Gasteiger partial charge on any atom is 0.169 e. The molecule has 6 atom stereocenters. The Labute approximate surface area is 134 Å². The van der Waals surface area contributed by atoms with Crippen LogP contribution in [0.5, 0.6) is 0 Å². The van der Waals surface area contributed by atoms with Crippen LogP contribution in [0.4, 0.5) is 0 Å². The summed E-state index contributed by atoms with van der Waals surface area (Å²) in [6, 6.07) is 0. The van der Waals surface area contributed by atoms with Crippen molar-refractivity contribution in [2.24, 2.45) is 11.3 Å². The Kier molecular flexibility index (Phi) is 3.20. The van der Waals surface area contributed by atoms with E-state index in [1.807, 2.05) is 0 Å². The van der Waals surface area contributed by atoms with E-state index < -0.39 is 0 Å². The molecule has 5 fully saturated rings. The van der Waals surface area contributed by atoms with Crippen molar-refractivity contribution < 1.29 is 14.2 Å². The van der Waals surface area contributed by atoms with E-state index in [9.17, 15) is 0 Å². The molecule has 0 aromatic heterocycles. The molecule has 5 aliphatic rings. The van der Waals surface area contributed by atoms with E-state index in [2.05, 4.69) is 6.92 Å². The summed E-state index contributed by atoms with van der Waals surface area (Å²) in [4.78, 5) is 0. The SMILES string of the molecule is CC[C@H]1CC[C@@H]2O[C@@H]3C[C@@]2(C1)C[C@H]1OC2(CCCCC2)OC31. The van der Waals surface area contributed by atoms with Crippen molar-refractivity contribution in [3.8, 4) is 0 Å². The lowest BCUT2D eigenvalue weighted by molar-refractivity contribution is -0.205. The monoisotopic (exact) mass is 306 g/mol. The van der Waals surface area contributed by atoms with Crippen LogP contribution >= 0.6 is 0 Å². The second-order valence-electron chi connectivity index (χ2n) is 8.70. The Morgan fingerprint density at radius 3 is 2.55 bits per heavy atom. The molecule has 2 bridgehead atoms. The average Bonchev–Trinajstić information content (AvgIpc) is 3.03. The van der Waals surface area contributed by atoms with Crippen LogP contribution in [0.2, 0.25) is 0 Å². The fraction of sp³-hybridized carbons (Fsp3) is 1.00. The molecule has 2 saturated heterocycles. The molecule has 1 unspecified atom stereocenters. The summed E-state index contributed by atoms with van der Waals surface area (Å²) in [5.41, 5.74) is 0.411. The first-order valence-corrected chi connectivity index (χ1v) is 9.73. The Bertz CT molecular complexity index is 444. The van der Waals surface area contributed by atoms with E-state index in [1.54, 1.807) is 0 Å². The van der Waals surface area contributed by atoms with Crippen LogP contribution in [0, 0.1) is 11.3 Å². The van der Waals surface area contributed by atoms with Gasteiger partial charge in [-0.15, -0.1) is 0 Å². The Morgan fingerprint density at radius 1 is 0.909 bits per heavy atom. The third-order valence-corrected chi connectivity index (χ3v) is 7.41. The second kappa shape index (κ2) is 4.94. The van der Waals surface area contributed by atoms with Gasteiger partial charge in [0, 0.05) is 18.3 Å². The van der Waals surface area contributed by atoms with E-state index in [4.69, 9.17) is 14.2 Å². The molecule has 3 nitrogen and oxygen atoms in total. The molecular weight excluding hydrogens is 276 g/mol. The largest absolute Gasteiger partial charge is 0.372 e. The third kappa shape index (κ3) is 1.98. The van der Waals surface area contributed by atoms with E-state index in [0.29, 0.717) is 23.7 Å². The minimum Gasteiger partial charge on any atom is -0.372 e. The van der Waals surface area contributed by atoms with Crippen LogP contribution < -0.4 is 0 Å². The van der Waals surface area contributed by atoms with Gasteiger partial charge >= 0.3 is 0 Å². The minimum atomic E-state index is -0.244. The van der Waals surface area contributed by atoms with Crippen LogP contribution in [-0.4, -0.2) is 30.2 Å². The van der Waals surface area contributed by atoms with E-state index in [-0.39, 0.29) is 11.9 Å². The molecule has 2 aliphatic heterocycles. The zero-order valence-electron chi connectivity index (χ0n) is 13.9. The maximum absolute atomic E-state index is 6.59. The number of fused-ring (bicyclic) bond motifs is 3. The minimum absolute atomic E-state index is 0.217. The van der Waals surface area contributed by atoms with Gasteiger partial charge in [0.1, 0.15) is 6.10 Å². The van der Waals surface area contributed by atoms with Gasteiger partial charge < -0.3 is 14.2 Å². The molecule has 0 amide bonds. The quantitative estimate of drug-likeness (QED) is 0.727. The fourth-order valence-electron chi connectivity index (χ4n) is 6.32. The van der Waals surface area contributed by atoms with Gasteiger partial charge in [0.05, 0.1) is 18.3 Å². The summed E-state index contributed by atoms with van der Waals surface area (Å²) in [7, 11) is 0. The molecule has 5 rings (SSSR count). The second-order valence-corrected chi connectivity index (χ2v) is 8.70. The number of hydrogen-bond acceptors (Lipinski definition) is 3. The summed E-state index contributed by atoms with van der Waals surface area (Å²) in [6.45, 7) is 2.35. The normalized spacial score (nSPS) is 52.5. The predicted octanol–water partition coefficient (Wildman–Crippen LogP) is 4.19. The van der Waals surface area contributed by atoms with Crippen LogP contribution in [0.1, 0.15) is 77.6 Å². The first-order valence-electron chi connectivity index (χ1n) is 9.73. The summed E-state index contributed by atoms with van der Waals surface area (Å²) < 4.78 is 19.6. The average molecular weight is 306 g/mol. The van der Waals surface area contributed by atoms with Crippen LogP contribution in [0.3, 0.4) is 0 Å². The van der Waals surface area contributed by atoms with Crippen LogP contribution in [0.25, 0.3) is 0 Å². The topological polar surface area (TPSA) is 27.7 Å². The molecular formula is C19H30O3. The molecule has 0 aromatic rings. The van der Waals surface area contributed by atoms with Crippen molar-refractivity contribution in [1.82, 2.24) is 0 Å². The lowest BCUT2D eigenvalue weighted by atomic mass is 9.61. The summed E-state index contributed by atoms with van der Waals surface area (Å²) in [6.07, 6.45) is 15.1. The highest BCUT2D eigenvalue weighted by Gasteiger charge is 2.64. The Morgan fingerprint density at radius 2 is 1.73 bits per heavy atom. The van der Waals surface area contributed by atoms with Crippen molar-refractivity contribution in [1.29, 1.82) is 0 Å². The first kappa shape index (κ1) is 14.2. The van der Waals surface area contributed by atoms with Crippen molar-refractivity contribution >= 4 is 0 Å². The van der Waals surface area contributed by atoms with Gasteiger partial charge in [-0.2, -0.15) is 0 Å². The van der Waals surface area contributed by atoms with Gasteiger partial charge in [-0.05, 0) is 50.9 Å². The summed E-state index contributed by atoms with van der Waals surface area (Å²) in [5.74, 6) is 0.660. The first-order chi connectivity index (χ1) is 10.7. The lowest BCUT2D eigenvalue weighted by Crippen LogP contribution is -2.46. The Hall–Kier alpha value is -0.120. The zero-order valence-corrected chi connectivity index (χ0v) is 13.9. The lowest BCUT2D eigenvalue weighted by Gasteiger charge is -2.44. The highest BCUT2D eigenvalue weighted by atomic mass is 16.8. The highest BCUT2D eigenvalue weighted by molar-refractivity contribution is 5.10.